The summed E-state index contributed by atoms with van der Waals surface area (Å²) in [5, 5.41) is 3.78. The molecule has 0 saturated heterocycles. The van der Waals surface area contributed by atoms with Crippen LogP contribution in [0.25, 0.3) is 0 Å². The predicted octanol–water partition coefficient (Wildman–Crippen LogP) is 0.942. The van der Waals surface area contributed by atoms with E-state index >= 15 is 0 Å². The number of rotatable bonds is 3. The summed E-state index contributed by atoms with van der Waals surface area (Å²) in [5.74, 6) is 2.36. The van der Waals surface area contributed by atoms with Gasteiger partial charge in [0.2, 0.25) is 0 Å². The summed E-state index contributed by atoms with van der Waals surface area (Å²) < 4.78 is 3.71. The smallest absolute Gasteiger partial charge is 0.268 e. The highest BCUT2D eigenvalue weighted by atomic mass is 32.1. The SMILES string of the molecule is C#CCN(CC)C(=O)c1snnc1C. The molecule has 0 radical (unpaired) electrons. The predicted molar refractivity (Wildman–Crippen MR) is 55.1 cm³/mol. The van der Waals surface area contributed by atoms with Crippen molar-refractivity contribution in [3.05, 3.63) is 10.6 Å². The standard InChI is InChI=1S/C9H11N3OS/c1-4-6-12(5-2)9(13)8-7(3)10-11-14-8/h1H,5-6H2,2-3H3. The lowest BCUT2D eigenvalue weighted by Crippen LogP contribution is -2.30. The molecule has 1 rings (SSSR count). The molecule has 5 heteroatoms. The molecule has 0 aliphatic carbocycles. The molecule has 0 aliphatic heterocycles. The number of terminal acetylenes is 1. The number of carbonyl (C=O) groups excluding carboxylic acids is 1. The maximum atomic E-state index is 11.8. The van der Waals surface area contributed by atoms with Gasteiger partial charge < -0.3 is 4.90 Å². The van der Waals surface area contributed by atoms with Gasteiger partial charge in [-0.05, 0) is 25.4 Å². The monoisotopic (exact) mass is 209 g/mol. The van der Waals surface area contributed by atoms with Gasteiger partial charge >= 0.3 is 0 Å². The molecule has 0 unspecified atom stereocenters. The Kier molecular flexibility index (Phi) is 3.60. The zero-order chi connectivity index (χ0) is 10.6. The molecule has 4 nitrogen and oxygen atoms in total. The fourth-order valence-corrected chi connectivity index (χ4v) is 1.63. The molecule has 0 fully saturated rings. The Hall–Kier alpha value is -1.41. The Labute approximate surface area is 87.1 Å². The van der Waals surface area contributed by atoms with Gasteiger partial charge in [-0.2, -0.15) is 0 Å². The first-order valence-corrected chi connectivity index (χ1v) is 4.99. The molecular weight excluding hydrogens is 198 g/mol. The number of aromatic nitrogens is 2. The highest BCUT2D eigenvalue weighted by Gasteiger charge is 2.18. The maximum Gasteiger partial charge on any atom is 0.268 e. The van der Waals surface area contributed by atoms with Crippen LogP contribution in [0.1, 0.15) is 22.3 Å². The summed E-state index contributed by atoms with van der Waals surface area (Å²) in [4.78, 5) is 14.0. The van der Waals surface area contributed by atoms with Crippen LogP contribution in [0, 0.1) is 19.3 Å². The van der Waals surface area contributed by atoms with Gasteiger partial charge in [-0.15, -0.1) is 11.5 Å². The van der Waals surface area contributed by atoms with Gasteiger partial charge in [0.1, 0.15) is 4.88 Å². The van der Waals surface area contributed by atoms with Crippen molar-refractivity contribution < 1.29 is 4.79 Å². The van der Waals surface area contributed by atoms with Crippen LogP contribution in [0.4, 0.5) is 0 Å². The van der Waals surface area contributed by atoms with Crippen molar-refractivity contribution in [2.75, 3.05) is 13.1 Å². The zero-order valence-corrected chi connectivity index (χ0v) is 8.97. The van der Waals surface area contributed by atoms with E-state index in [1.807, 2.05) is 6.92 Å². The van der Waals surface area contributed by atoms with Crippen LogP contribution in [0.2, 0.25) is 0 Å². The average molecular weight is 209 g/mol. The molecule has 0 bridgehead atoms. The van der Waals surface area contributed by atoms with Gasteiger partial charge in [-0.25, -0.2) is 0 Å². The first-order chi connectivity index (χ1) is 6.70. The van der Waals surface area contributed by atoms with Gasteiger partial charge in [-0.1, -0.05) is 10.4 Å². The van der Waals surface area contributed by atoms with Crippen LogP contribution in [0.5, 0.6) is 0 Å². The molecule has 0 N–H and O–H groups in total. The lowest BCUT2D eigenvalue weighted by Gasteiger charge is -2.16. The molecule has 1 heterocycles. The van der Waals surface area contributed by atoms with E-state index < -0.39 is 0 Å². The zero-order valence-electron chi connectivity index (χ0n) is 8.15. The van der Waals surface area contributed by atoms with Gasteiger partial charge in [0.05, 0.1) is 12.2 Å². The van der Waals surface area contributed by atoms with Crippen molar-refractivity contribution in [3.8, 4) is 12.3 Å². The van der Waals surface area contributed by atoms with Gasteiger partial charge in [-0.3, -0.25) is 4.79 Å². The topological polar surface area (TPSA) is 46.1 Å². The third-order valence-electron chi connectivity index (χ3n) is 1.80. The van der Waals surface area contributed by atoms with Crippen LogP contribution in [0.15, 0.2) is 0 Å². The number of nitrogens with zero attached hydrogens (tertiary/aromatic N) is 3. The van der Waals surface area contributed by atoms with E-state index in [1.165, 1.54) is 0 Å². The molecule has 0 saturated carbocycles. The van der Waals surface area contributed by atoms with Gasteiger partial charge in [0, 0.05) is 6.54 Å². The minimum Gasteiger partial charge on any atom is -0.327 e. The molecule has 0 aliphatic rings. The van der Waals surface area contributed by atoms with E-state index in [4.69, 9.17) is 6.42 Å². The molecule has 1 amide bonds. The van der Waals surface area contributed by atoms with Crippen molar-refractivity contribution >= 4 is 17.4 Å². The minimum absolute atomic E-state index is 0.0852. The number of carbonyl (C=O) groups is 1. The van der Waals surface area contributed by atoms with Crippen molar-refractivity contribution in [2.45, 2.75) is 13.8 Å². The summed E-state index contributed by atoms with van der Waals surface area (Å²) in [5.41, 5.74) is 0.662. The largest absolute Gasteiger partial charge is 0.327 e. The third-order valence-corrected chi connectivity index (χ3v) is 2.61. The van der Waals surface area contributed by atoms with Crippen molar-refractivity contribution in [3.63, 3.8) is 0 Å². The Morgan fingerprint density at radius 1 is 1.71 bits per heavy atom. The fourth-order valence-electron chi connectivity index (χ4n) is 1.01. The minimum atomic E-state index is -0.0852. The van der Waals surface area contributed by atoms with Crippen LogP contribution in [-0.4, -0.2) is 33.5 Å². The molecule has 1 aromatic rings. The van der Waals surface area contributed by atoms with E-state index in [2.05, 4.69) is 15.5 Å². The molecule has 0 atom stereocenters. The number of amides is 1. The molecule has 0 spiro atoms. The van der Waals surface area contributed by atoms with Crippen molar-refractivity contribution in [2.24, 2.45) is 0 Å². The quantitative estimate of drug-likeness (QED) is 0.696. The summed E-state index contributed by atoms with van der Waals surface area (Å²) in [6.45, 7) is 4.58. The van der Waals surface area contributed by atoms with Crippen molar-refractivity contribution in [1.82, 2.24) is 14.5 Å². The number of hydrogen-bond donors (Lipinski definition) is 0. The molecule has 74 valence electrons. The first-order valence-electron chi connectivity index (χ1n) is 4.22. The number of aryl methyl sites for hydroxylation is 1. The first kappa shape index (κ1) is 10.7. The number of hydrogen-bond acceptors (Lipinski definition) is 4. The Bertz CT molecular complexity index is 366. The van der Waals surface area contributed by atoms with E-state index in [9.17, 15) is 4.79 Å². The Morgan fingerprint density at radius 3 is 2.86 bits per heavy atom. The second kappa shape index (κ2) is 4.72. The Balaban J connectivity index is 2.84. The van der Waals surface area contributed by atoms with E-state index in [0.29, 0.717) is 23.7 Å². The average Bonchev–Trinajstić information content (AvgIpc) is 2.59. The normalized spacial score (nSPS) is 9.50. The van der Waals surface area contributed by atoms with Crippen LogP contribution in [-0.2, 0) is 0 Å². The van der Waals surface area contributed by atoms with E-state index in [0.717, 1.165) is 11.5 Å². The lowest BCUT2D eigenvalue weighted by atomic mass is 10.3. The highest BCUT2D eigenvalue weighted by molar-refractivity contribution is 7.07. The molecule has 1 aromatic heterocycles. The van der Waals surface area contributed by atoms with Gasteiger partial charge in [0.15, 0.2) is 0 Å². The maximum absolute atomic E-state index is 11.8. The van der Waals surface area contributed by atoms with Crippen molar-refractivity contribution in [1.29, 1.82) is 0 Å². The summed E-state index contributed by atoms with van der Waals surface area (Å²) in [6, 6.07) is 0. The van der Waals surface area contributed by atoms with Crippen LogP contribution >= 0.6 is 11.5 Å². The third kappa shape index (κ3) is 2.09. The summed E-state index contributed by atoms with van der Waals surface area (Å²) >= 11 is 1.11. The van der Waals surface area contributed by atoms with Crippen LogP contribution in [0.3, 0.4) is 0 Å². The summed E-state index contributed by atoms with van der Waals surface area (Å²) in [7, 11) is 0. The fraction of sp³-hybridized carbons (Fsp3) is 0.444. The molecule has 14 heavy (non-hydrogen) atoms. The van der Waals surface area contributed by atoms with Gasteiger partial charge in [0.25, 0.3) is 5.91 Å². The Morgan fingerprint density at radius 2 is 2.43 bits per heavy atom. The van der Waals surface area contributed by atoms with E-state index in [1.54, 1.807) is 11.8 Å². The molecular formula is C9H11N3OS. The second-order valence-electron chi connectivity index (χ2n) is 2.71. The summed E-state index contributed by atoms with van der Waals surface area (Å²) in [6.07, 6.45) is 5.16. The molecule has 0 aromatic carbocycles. The highest BCUT2D eigenvalue weighted by Crippen LogP contribution is 2.12. The van der Waals surface area contributed by atoms with Crippen LogP contribution < -0.4 is 0 Å². The van der Waals surface area contributed by atoms with E-state index in [-0.39, 0.29) is 5.91 Å². The second-order valence-corrected chi connectivity index (χ2v) is 3.47. The lowest BCUT2D eigenvalue weighted by molar-refractivity contribution is 0.0789.